The van der Waals surface area contributed by atoms with E-state index in [1.807, 2.05) is 36.9 Å². The topological polar surface area (TPSA) is 69.0 Å². The van der Waals surface area contributed by atoms with Crippen LogP contribution in [-0.4, -0.2) is 28.0 Å². The highest BCUT2D eigenvalue weighted by Crippen LogP contribution is 2.47. The van der Waals surface area contributed by atoms with Crippen molar-refractivity contribution in [3.63, 3.8) is 0 Å². The molecule has 2 fully saturated rings. The Morgan fingerprint density at radius 3 is 2.74 bits per heavy atom. The van der Waals surface area contributed by atoms with Crippen molar-refractivity contribution in [3.05, 3.63) is 48.0 Å². The molecule has 27 heavy (non-hydrogen) atoms. The van der Waals surface area contributed by atoms with Crippen LogP contribution in [-0.2, 0) is 0 Å². The van der Waals surface area contributed by atoms with Crippen molar-refractivity contribution in [1.29, 1.82) is 5.26 Å². The van der Waals surface area contributed by atoms with E-state index < -0.39 is 5.82 Å². The molecule has 2 aromatic rings. The van der Waals surface area contributed by atoms with Gasteiger partial charge in [-0.05, 0) is 62.4 Å². The molecule has 3 atom stereocenters. The normalized spacial score (nSPS) is 26.1. The molecule has 1 aliphatic heterocycles. The zero-order valence-corrected chi connectivity index (χ0v) is 15.4. The number of nitrogens with one attached hydrogen (secondary N) is 1. The number of likely N-dealkylation sites (tertiary alicyclic amines) is 1. The van der Waals surface area contributed by atoms with Crippen LogP contribution >= 0.6 is 0 Å². The fourth-order valence-electron chi connectivity index (χ4n) is 4.37. The van der Waals surface area contributed by atoms with Crippen molar-refractivity contribution >= 4 is 11.7 Å². The Kier molecular flexibility index (Phi) is 4.11. The number of anilines is 1. The smallest absolute Gasteiger partial charge is 0.318 e. The fraction of sp³-hybridized carbons (Fsp3) is 0.381. The van der Waals surface area contributed by atoms with Crippen LogP contribution in [0.1, 0.15) is 31.7 Å². The number of nitrogens with zero attached hydrogens (tertiary/aromatic N) is 3. The Balaban J connectivity index is 1.52. The summed E-state index contributed by atoms with van der Waals surface area (Å²) in [4.78, 5) is 18.5. The largest absolute Gasteiger partial charge is 0.322 e. The third-order valence-corrected chi connectivity index (χ3v) is 5.71. The Morgan fingerprint density at radius 1 is 1.33 bits per heavy atom. The molecule has 1 saturated carbocycles. The molecule has 1 aromatic heterocycles. The van der Waals surface area contributed by atoms with Crippen LogP contribution in [0.3, 0.4) is 0 Å². The number of amides is 2. The van der Waals surface area contributed by atoms with E-state index in [0.717, 1.165) is 30.4 Å². The molecule has 2 aliphatic rings. The summed E-state index contributed by atoms with van der Waals surface area (Å²) in [6.45, 7) is 3.91. The van der Waals surface area contributed by atoms with Crippen molar-refractivity contribution in [1.82, 2.24) is 9.88 Å². The minimum Gasteiger partial charge on any atom is -0.318 e. The number of aromatic nitrogens is 1. The molecule has 4 rings (SSSR count). The second-order valence-electron chi connectivity index (χ2n) is 7.88. The molecule has 5 nitrogen and oxygen atoms in total. The highest BCUT2D eigenvalue weighted by Gasteiger charge is 2.52. The van der Waals surface area contributed by atoms with Crippen molar-refractivity contribution in [2.24, 2.45) is 5.41 Å². The van der Waals surface area contributed by atoms with Crippen LogP contribution in [0, 0.1) is 29.5 Å². The quantitative estimate of drug-likeness (QED) is 0.853. The Bertz CT molecular complexity index is 939. The predicted molar refractivity (Wildman–Crippen MR) is 100 cm³/mol. The number of pyridine rings is 1. The highest BCUT2D eigenvalue weighted by atomic mass is 19.1. The molecule has 2 amide bonds. The second-order valence-corrected chi connectivity index (χ2v) is 7.88. The van der Waals surface area contributed by atoms with Crippen LogP contribution < -0.4 is 5.32 Å². The zero-order chi connectivity index (χ0) is 19.2. The standard InChI is InChI=1S/C21H21FN4O/c1-13-3-4-16(6-19(13)14-5-15(22)11-24-10-14)25-20(27)26-17-7-18(26)9-21(2,8-17)12-23/h3-6,10-11,17-18H,7-9H2,1-2H3,(H,25,27)/t17-,18+,21?. The van der Waals surface area contributed by atoms with Gasteiger partial charge >= 0.3 is 6.03 Å². The average Bonchev–Trinajstić information content (AvgIpc) is 2.63. The number of aryl methyl sites for hydroxylation is 1. The van der Waals surface area contributed by atoms with Gasteiger partial charge in [0.15, 0.2) is 0 Å². The maximum absolute atomic E-state index is 13.5. The van der Waals surface area contributed by atoms with Gasteiger partial charge in [0.05, 0.1) is 17.7 Å². The number of hydrogen-bond acceptors (Lipinski definition) is 3. The monoisotopic (exact) mass is 364 g/mol. The van der Waals surface area contributed by atoms with Crippen molar-refractivity contribution in [3.8, 4) is 17.2 Å². The van der Waals surface area contributed by atoms with Gasteiger partial charge in [-0.3, -0.25) is 4.98 Å². The van der Waals surface area contributed by atoms with E-state index in [1.165, 1.54) is 12.3 Å². The zero-order valence-electron chi connectivity index (χ0n) is 15.4. The predicted octanol–water partition coefficient (Wildman–Crippen LogP) is 4.49. The minimum absolute atomic E-state index is 0.130. The van der Waals surface area contributed by atoms with Gasteiger partial charge in [0.25, 0.3) is 0 Å². The van der Waals surface area contributed by atoms with E-state index in [-0.39, 0.29) is 23.5 Å². The van der Waals surface area contributed by atoms with E-state index in [4.69, 9.17) is 0 Å². The molecule has 1 N–H and O–H groups in total. The van der Waals surface area contributed by atoms with E-state index in [2.05, 4.69) is 16.4 Å². The number of rotatable bonds is 2. The number of piperidine rings is 1. The first kappa shape index (κ1) is 17.5. The molecule has 0 spiro atoms. The molecule has 0 radical (unpaired) electrons. The van der Waals surface area contributed by atoms with Crippen LogP contribution in [0.4, 0.5) is 14.9 Å². The lowest BCUT2D eigenvalue weighted by molar-refractivity contribution is -0.0271. The lowest BCUT2D eigenvalue weighted by Gasteiger charge is -2.56. The Hall–Kier alpha value is -2.94. The van der Waals surface area contributed by atoms with Gasteiger partial charge in [0.1, 0.15) is 5.82 Å². The first-order valence-electron chi connectivity index (χ1n) is 9.11. The molecule has 1 unspecified atom stereocenters. The van der Waals surface area contributed by atoms with E-state index in [0.29, 0.717) is 11.3 Å². The Morgan fingerprint density at radius 2 is 2.07 bits per heavy atom. The molecule has 6 heteroatoms. The Labute approximate surface area is 157 Å². The summed E-state index contributed by atoms with van der Waals surface area (Å²) in [7, 11) is 0. The number of nitriles is 1. The SMILES string of the molecule is Cc1ccc(NC(=O)N2[C@@H]3C[C@H]2CC(C)(C#N)C3)cc1-c1cncc(F)c1. The molecular weight excluding hydrogens is 343 g/mol. The number of urea groups is 1. The van der Waals surface area contributed by atoms with E-state index >= 15 is 0 Å². The first-order valence-corrected chi connectivity index (χ1v) is 9.11. The van der Waals surface area contributed by atoms with Crippen LogP contribution in [0.5, 0.6) is 0 Å². The summed E-state index contributed by atoms with van der Waals surface area (Å²) >= 11 is 0. The number of fused-ring (bicyclic) bond motifs is 2. The van der Waals surface area contributed by atoms with Gasteiger partial charge in [-0.25, -0.2) is 9.18 Å². The van der Waals surface area contributed by atoms with Gasteiger partial charge in [0.2, 0.25) is 0 Å². The first-order chi connectivity index (χ1) is 12.9. The fourth-order valence-corrected chi connectivity index (χ4v) is 4.37. The molecular formula is C21H21FN4O. The molecule has 1 aromatic carbocycles. The summed E-state index contributed by atoms with van der Waals surface area (Å²) in [5.74, 6) is -0.393. The number of carbonyl (C=O) groups is 1. The third-order valence-electron chi connectivity index (χ3n) is 5.71. The van der Waals surface area contributed by atoms with Gasteiger partial charge in [-0.15, -0.1) is 0 Å². The van der Waals surface area contributed by atoms with Gasteiger partial charge in [0, 0.05) is 29.5 Å². The van der Waals surface area contributed by atoms with Crippen LogP contribution in [0.25, 0.3) is 11.1 Å². The second kappa shape index (κ2) is 6.34. The van der Waals surface area contributed by atoms with Gasteiger partial charge in [-0.2, -0.15) is 5.26 Å². The minimum atomic E-state index is -0.393. The number of halogens is 1. The molecule has 1 aliphatic carbocycles. The summed E-state index contributed by atoms with van der Waals surface area (Å²) in [5.41, 5.74) is 2.82. The summed E-state index contributed by atoms with van der Waals surface area (Å²) < 4.78 is 13.5. The number of benzene rings is 1. The van der Waals surface area contributed by atoms with Crippen LogP contribution in [0.15, 0.2) is 36.7 Å². The summed E-state index contributed by atoms with van der Waals surface area (Å²) in [6.07, 6.45) is 5.20. The van der Waals surface area contributed by atoms with E-state index in [1.54, 1.807) is 6.20 Å². The highest BCUT2D eigenvalue weighted by molar-refractivity contribution is 5.91. The third kappa shape index (κ3) is 3.14. The van der Waals surface area contributed by atoms with Crippen molar-refractivity contribution in [2.45, 2.75) is 45.2 Å². The lowest BCUT2D eigenvalue weighted by atomic mass is 9.66. The maximum atomic E-state index is 13.5. The van der Waals surface area contributed by atoms with Crippen LogP contribution in [0.2, 0.25) is 0 Å². The summed E-state index contributed by atoms with van der Waals surface area (Å²) in [5, 5.41) is 12.3. The van der Waals surface area contributed by atoms with Gasteiger partial charge < -0.3 is 10.2 Å². The van der Waals surface area contributed by atoms with Crippen molar-refractivity contribution in [2.75, 3.05) is 5.32 Å². The van der Waals surface area contributed by atoms with Gasteiger partial charge in [-0.1, -0.05) is 6.07 Å². The molecule has 2 bridgehead atoms. The lowest BCUT2D eigenvalue weighted by Crippen LogP contribution is -2.65. The number of carbonyl (C=O) groups excluding carboxylic acids is 1. The number of hydrogen-bond donors (Lipinski definition) is 1. The molecule has 1 saturated heterocycles. The van der Waals surface area contributed by atoms with Crippen molar-refractivity contribution < 1.29 is 9.18 Å². The molecule has 138 valence electrons. The summed E-state index contributed by atoms with van der Waals surface area (Å²) in [6, 6.07) is 9.54. The van der Waals surface area contributed by atoms with E-state index in [9.17, 15) is 14.4 Å². The average molecular weight is 364 g/mol. The maximum Gasteiger partial charge on any atom is 0.322 e. The molecule has 2 heterocycles.